The molecule has 0 aromatic heterocycles. The minimum atomic E-state index is -0.483. The van der Waals surface area contributed by atoms with Gasteiger partial charge in [-0.15, -0.1) is 0 Å². The zero-order valence-corrected chi connectivity index (χ0v) is 7.84. The average Bonchev–Trinajstić information content (AvgIpc) is 2.67. The van der Waals surface area contributed by atoms with Crippen LogP contribution in [0.3, 0.4) is 0 Å². The van der Waals surface area contributed by atoms with E-state index in [0.29, 0.717) is 5.92 Å². The summed E-state index contributed by atoms with van der Waals surface area (Å²) < 4.78 is 0. The van der Waals surface area contributed by atoms with E-state index in [4.69, 9.17) is 5.73 Å². The molecule has 0 saturated heterocycles. The first-order chi connectivity index (χ1) is 5.55. The molecule has 2 saturated carbocycles. The maximum atomic E-state index is 10.1. The lowest BCUT2D eigenvalue weighted by molar-refractivity contribution is -0.0460. The fourth-order valence-electron chi connectivity index (χ4n) is 2.72. The summed E-state index contributed by atoms with van der Waals surface area (Å²) >= 11 is 0. The first-order valence-corrected chi connectivity index (χ1v) is 5.06. The summed E-state index contributed by atoms with van der Waals surface area (Å²) in [5.74, 6) is 0.360. The van der Waals surface area contributed by atoms with Crippen LogP contribution in [0, 0.1) is 5.92 Å². The minimum Gasteiger partial charge on any atom is -0.390 e. The van der Waals surface area contributed by atoms with Gasteiger partial charge in [-0.2, -0.15) is 0 Å². The molecule has 2 aliphatic carbocycles. The van der Waals surface area contributed by atoms with Crippen LogP contribution >= 0.6 is 0 Å². The van der Waals surface area contributed by atoms with Gasteiger partial charge in [-0.3, -0.25) is 0 Å². The molecule has 0 bridgehead atoms. The normalized spacial score (nSPS) is 45.8. The van der Waals surface area contributed by atoms with Crippen molar-refractivity contribution >= 4 is 0 Å². The summed E-state index contributed by atoms with van der Waals surface area (Å²) in [4.78, 5) is 0. The van der Waals surface area contributed by atoms with Gasteiger partial charge in [0, 0.05) is 11.5 Å². The summed E-state index contributed by atoms with van der Waals surface area (Å²) in [5, 5.41) is 10.1. The Morgan fingerprint density at radius 1 is 1.25 bits per heavy atom. The standard InChI is InChI=1S/C10H19NO/c1-9(12)5-3-2-4-8(9)10(11)6-7-10/h8,12H,2-7,11H2,1H3. The lowest BCUT2D eigenvalue weighted by atomic mass is 9.72. The Morgan fingerprint density at radius 3 is 2.42 bits per heavy atom. The van der Waals surface area contributed by atoms with Crippen LogP contribution < -0.4 is 5.73 Å². The average molecular weight is 169 g/mol. The maximum absolute atomic E-state index is 10.1. The van der Waals surface area contributed by atoms with E-state index in [-0.39, 0.29) is 5.54 Å². The van der Waals surface area contributed by atoms with E-state index < -0.39 is 5.60 Å². The number of nitrogens with two attached hydrogens (primary N) is 1. The first kappa shape index (κ1) is 8.52. The van der Waals surface area contributed by atoms with E-state index in [9.17, 15) is 5.11 Å². The highest BCUT2D eigenvalue weighted by atomic mass is 16.3. The molecular weight excluding hydrogens is 150 g/mol. The van der Waals surface area contributed by atoms with Gasteiger partial charge in [0.2, 0.25) is 0 Å². The molecule has 3 N–H and O–H groups in total. The third-order valence-electron chi connectivity index (χ3n) is 3.70. The van der Waals surface area contributed by atoms with Crippen molar-refractivity contribution in [3.05, 3.63) is 0 Å². The molecule has 0 amide bonds. The largest absolute Gasteiger partial charge is 0.390 e. The third kappa shape index (κ3) is 1.27. The van der Waals surface area contributed by atoms with Crippen molar-refractivity contribution in [3.8, 4) is 0 Å². The third-order valence-corrected chi connectivity index (χ3v) is 3.70. The summed E-state index contributed by atoms with van der Waals surface area (Å²) in [5.41, 5.74) is 5.66. The molecular formula is C10H19NO. The number of hydrogen-bond donors (Lipinski definition) is 2. The molecule has 2 fully saturated rings. The number of hydrogen-bond acceptors (Lipinski definition) is 2. The van der Waals surface area contributed by atoms with Gasteiger partial charge in [-0.1, -0.05) is 12.8 Å². The molecule has 70 valence electrons. The van der Waals surface area contributed by atoms with Crippen molar-refractivity contribution in [2.24, 2.45) is 11.7 Å². The van der Waals surface area contributed by atoms with Crippen LogP contribution in [0.2, 0.25) is 0 Å². The van der Waals surface area contributed by atoms with Crippen molar-refractivity contribution < 1.29 is 5.11 Å². The van der Waals surface area contributed by atoms with Crippen molar-refractivity contribution in [2.45, 2.75) is 56.6 Å². The van der Waals surface area contributed by atoms with Crippen molar-refractivity contribution in [3.63, 3.8) is 0 Å². The van der Waals surface area contributed by atoms with E-state index in [1.807, 2.05) is 6.92 Å². The smallest absolute Gasteiger partial charge is 0.0665 e. The summed E-state index contributed by atoms with van der Waals surface area (Å²) in [6.07, 6.45) is 6.72. The molecule has 0 aromatic rings. The van der Waals surface area contributed by atoms with E-state index in [1.54, 1.807) is 0 Å². The van der Waals surface area contributed by atoms with E-state index >= 15 is 0 Å². The lowest BCUT2D eigenvalue weighted by Crippen LogP contribution is -2.49. The molecule has 0 radical (unpaired) electrons. The molecule has 2 nitrogen and oxygen atoms in total. The van der Waals surface area contributed by atoms with E-state index in [2.05, 4.69) is 0 Å². The monoisotopic (exact) mass is 169 g/mol. The predicted octanol–water partition coefficient (Wildman–Crippen LogP) is 1.42. The highest BCUT2D eigenvalue weighted by Gasteiger charge is 2.53. The fourth-order valence-corrected chi connectivity index (χ4v) is 2.72. The molecule has 2 heteroatoms. The van der Waals surface area contributed by atoms with Crippen molar-refractivity contribution in [1.82, 2.24) is 0 Å². The Balaban J connectivity index is 2.11. The second kappa shape index (κ2) is 2.46. The lowest BCUT2D eigenvalue weighted by Gasteiger charge is -2.40. The van der Waals surface area contributed by atoms with Crippen LogP contribution in [0.25, 0.3) is 0 Å². The molecule has 0 heterocycles. The van der Waals surface area contributed by atoms with Crippen molar-refractivity contribution in [1.29, 1.82) is 0 Å². The maximum Gasteiger partial charge on any atom is 0.0665 e. The van der Waals surface area contributed by atoms with Gasteiger partial charge in [0.15, 0.2) is 0 Å². The topological polar surface area (TPSA) is 46.2 Å². The molecule has 0 aromatic carbocycles. The first-order valence-electron chi connectivity index (χ1n) is 5.06. The second-order valence-electron chi connectivity index (χ2n) is 4.89. The zero-order chi connectivity index (χ0) is 8.82. The van der Waals surface area contributed by atoms with Crippen LogP contribution in [0.15, 0.2) is 0 Å². The zero-order valence-electron chi connectivity index (χ0n) is 7.84. The SMILES string of the molecule is CC1(O)CCCCC1C1(N)CC1. The molecule has 2 atom stereocenters. The Labute approximate surface area is 74.1 Å². The summed E-state index contributed by atoms with van der Waals surface area (Å²) in [6.45, 7) is 1.96. The van der Waals surface area contributed by atoms with Crippen LogP contribution in [0.5, 0.6) is 0 Å². The van der Waals surface area contributed by atoms with E-state index in [1.165, 1.54) is 12.8 Å². The van der Waals surface area contributed by atoms with Gasteiger partial charge in [0.1, 0.15) is 0 Å². The molecule has 2 unspecified atom stereocenters. The predicted molar refractivity (Wildman–Crippen MR) is 48.7 cm³/mol. The Bertz CT molecular complexity index is 184. The van der Waals surface area contributed by atoms with Gasteiger partial charge in [-0.25, -0.2) is 0 Å². The number of aliphatic hydroxyl groups is 1. The Hall–Kier alpha value is -0.0800. The van der Waals surface area contributed by atoms with Gasteiger partial charge in [0.25, 0.3) is 0 Å². The molecule has 2 aliphatic rings. The minimum absolute atomic E-state index is 0.00389. The van der Waals surface area contributed by atoms with E-state index in [0.717, 1.165) is 25.7 Å². The van der Waals surface area contributed by atoms with Gasteiger partial charge >= 0.3 is 0 Å². The van der Waals surface area contributed by atoms with Crippen molar-refractivity contribution in [2.75, 3.05) is 0 Å². The number of rotatable bonds is 1. The molecule has 0 spiro atoms. The van der Waals surface area contributed by atoms with Crippen LogP contribution in [0.1, 0.15) is 45.4 Å². The molecule has 0 aliphatic heterocycles. The second-order valence-corrected chi connectivity index (χ2v) is 4.89. The highest BCUT2D eigenvalue weighted by molar-refractivity contribution is 5.10. The Morgan fingerprint density at radius 2 is 1.92 bits per heavy atom. The summed E-state index contributed by atoms with van der Waals surface area (Å²) in [6, 6.07) is 0. The van der Waals surface area contributed by atoms with Crippen LogP contribution in [-0.2, 0) is 0 Å². The van der Waals surface area contributed by atoms with Gasteiger partial charge in [0.05, 0.1) is 5.60 Å². The van der Waals surface area contributed by atoms with Crippen LogP contribution in [0.4, 0.5) is 0 Å². The summed E-state index contributed by atoms with van der Waals surface area (Å²) in [7, 11) is 0. The van der Waals surface area contributed by atoms with Gasteiger partial charge < -0.3 is 10.8 Å². The van der Waals surface area contributed by atoms with Gasteiger partial charge in [-0.05, 0) is 32.6 Å². The quantitative estimate of drug-likeness (QED) is 0.623. The van der Waals surface area contributed by atoms with Crippen LogP contribution in [-0.4, -0.2) is 16.2 Å². The highest BCUT2D eigenvalue weighted by Crippen LogP contribution is 2.49. The molecule has 12 heavy (non-hydrogen) atoms. The Kier molecular flexibility index (Phi) is 1.74. The molecule has 2 rings (SSSR count). The fraction of sp³-hybridized carbons (Fsp3) is 1.00.